The number of benzene rings is 2. The molecule has 1 amide bonds. The zero-order valence-electron chi connectivity index (χ0n) is 16.1. The van der Waals surface area contributed by atoms with Gasteiger partial charge in [0, 0.05) is 17.6 Å². The number of aromatic nitrogens is 1. The summed E-state index contributed by atoms with van der Waals surface area (Å²) in [5.74, 6) is 1.18. The van der Waals surface area contributed by atoms with Gasteiger partial charge in [-0.05, 0) is 43.2 Å². The van der Waals surface area contributed by atoms with E-state index in [1.165, 1.54) is 16.9 Å². The normalized spacial score (nSPS) is 10.4. The molecule has 1 heterocycles. The molecule has 2 N–H and O–H groups in total. The maximum Gasteiger partial charge on any atom is 0.270 e. The highest BCUT2D eigenvalue weighted by atomic mass is 32.1. The first-order chi connectivity index (χ1) is 13.6. The number of rotatable bonds is 8. The number of hydrogen-bond donors (Lipinski definition) is 2. The van der Waals surface area contributed by atoms with Gasteiger partial charge in [-0.25, -0.2) is 4.98 Å². The first kappa shape index (κ1) is 19.7. The molecule has 0 unspecified atom stereocenters. The minimum Gasteiger partial charge on any atom is -0.493 e. The molecule has 0 fully saturated rings. The Labute approximate surface area is 168 Å². The summed E-state index contributed by atoms with van der Waals surface area (Å²) in [5.41, 5.74) is 3.60. The van der Waals surface area contributed by atoms with Crippen molar-refractivity contribution in [1.29, 1.82) is 0 Å². The Kier molecular flexibility index (Phi) is 6.49. The number of aryl methyl sites for hydroxylation is 1. The quantitative estimate of drug-likeness (QED) is 0.596. The molecular formula is C21H23N3O3S. The van der Waals surface area contributed by atoms with Gasteiger partial charge in [0.1, 0.15) is 5.69 Å². The van der Waals surface area contributed by atoms with E-state index in [1.807, 2.05) is 49.4 Å². The second-order valence-corrected chi connectivity index (χ2v) is 7.08. The summed E-state index contributed by atoms with van der Waals surface area (Å²) in [4.78, 5) is 16.7. The van der Waals surface area contributed by atoms with E-state index in [1.54, 1.807) is 19.6 Å². The van der Waals surface area contributed by atoms with E-state index in [0.29, 0.717) is 35.3 Å². The molecule has 0 bridgehead atoms. The zero-order chi connectivity index (χ0) is 19.9. The monoisotopic (exact) mass is 397 g/mol. The summed E-state index contributed by atoms with van der Waals surface area (Å²) in [6.45, 7) is 2.55. The molecule has 1 aromatic heterocycles. The van der Waals surface area contributed by atoms with Crippen LogP contribution in [0.15, 0.2) is 47.8 Å². The predicted molar refractivity (Wildman–Crippen MR) is 112 cm³/mol. The molecule has 3 aromatic rings. The van der Waals surface area contributed by atoms with Crippen LogP contribution in [0.5, 0.6) is 11.5 Å². The molecule has 0 spiro atoms. The molecule has 2 aromatic carbocycles. The van der Waals surface area contributed by atoms with Gasteiger partial charge in [-0.2, -0.15) is 0 Å². The molecule has 0 saturated heterocycles. The van der Waals surface area contributed by atoms with Gasteiger partial charge in [0.05, 0.1) is 14.2 Å². The number of amides is 1. The average Bonchev–Trinajstić information content (AvgIpc) is 3.18. The van der Waals surface area contributed by atoms with E-state index in [9.17, 15) is 4.79 Å². The van der Waals surface area contributed by atoms with Gasteiger partial charge >= 0.3 is 0 Å². The van der Waals surface area contributed by atoms with Gasteiger partial charge in [0.25, 0.3) is 5.91 Å². The van der Waals surface area contributed by atoms with E-state index in [2.05, 4.69) is 15.6 Å². The Hall–Kier alpha value is -3.06. The molecule has 6 nitrogen and oxygen atoms in total. The summed E-state index contributed by atoms with van der Waals surface area (Å²) in [7, 11) is 3.21. The Morgan fingerprint density at radius 2 is 1.82 bits per heavy atom. The number of nitrogens with one attached hydrogen (secondary N) is 2. The van der Waals surface area contributed by atoms with Crippen LogP contribution in [0, 0.1) is 6.92 Å². The van der Waals surface area contributed by atoms with Crippen LogP contribution in [0.3, 0.4) is 0 Å². The highest BCUT2D eigenvalue weighted by Crippen LogP contribution is 2.27. The SMILES string of the molecule is COc1ccc(CCNC(=O)c2csc(Nc3ccc(C)cc3)n2)cc1OC. The highest BCUT2D eigenvalue weighted by molar-refractivity contribution is 7.14. The molecule has 3 rings (SSSR count). The van der Waals surface area contributed by atoms with Crippen LogP contribution in [-0.4, -0.2) is 31.7 Å². The Morgan fingerprint density at radius 3 is 2.54 bits per heavy atom. The number of thiazole rings is 1. The molecule has 0 aliphatic heterocycles. The minimum absolute atomic E-state index is 0.186. The molecule has 0 saturated carbocycles. The van der Waals surface area contributed by atoms with Crippen molar-refractivity contribution in [2.24, 2.45) is 0 Å². The third-order valence-corrected chi connectivity index (χ3v) is 4.94. The molecule has 0 atom stereocenters. The Morgan fingerprint density at radius 1 is 1.07 bits per heavy atom. The number of nitrogens with zero attached hydrogens (tertiary/aromatic N) is 1. The predicted octanol–water partition coefficient (Wildman–Crippen LogP) is 4.18. The fourth-order valence-electron chi connectivity index (χ4n) is 2.64. The lowest BCUT2D eigenvalue weighted by atomic mass is 10.1. The van der Waals surface area contributed by atoms with Crippen molar-refractivity contribution in [2.45, 2.75) is 13.3 Å². The largest absolute Gasteiger partial charge is 0.493 e. The van der Waals surface area contributed by atoms with E-state index in [-0.39, 0.29) is 5.91 Å². The van der Waals surface area contributed by atoms with Crippen LogP contribution in [0.4, 0.5) is 10.8 Å². The number of carbonyl (C=O) groups excluding carboxylic acids is 1. The van der Waals surface area contributed by atoms with Crippen LogP contribution in [0.25, 0.3) is 0 Å². The number of methoxy groups -OCH3 is 2. The summed E-state index contributed by atoms with van der Waals surface area (Å²) in [6, 6.07) is 13.8. The van der Waals surface area contributed by atoms with Gasteiger partial charge < -0.3 is 20.1 Å². The van der Waals surface area contributed by atoms with E-state index < -0.39 is 0 Å². The molecular weight excluding hydrogens is 374 g/mol. The summed E-state index contributed by atoms with van der Waals surface area (Å²) >= 11 is 1.40. The van der Waals surface area contributed by atoms with E-state index >= 15 is 0 Å². The van der Waals surface area contributed by atoms with Crippen molar-refractivity contribution in [1.82, 2.24) is 10.3 Å². The second kappa shape index (κ2) is 9.23. The maximum absolute atomic E-state index is 12.3. The van der Waals surface area contributed by atoms with Crippen LogP contribution in [-0.2, 0) is 6.42 Å². The Balaban J connectivity index is 1.53. The number of ether oxygens (including phenoxy) is 2. The van der Waals surface area contributed by atoms with Crippen molar-refractivity contribution in [3.05, 3.63) is 64.7 Å². The lowest BCUT2D eigenvalue weighted by Gasteiger charge is -2.09. The lowest BCUT2D eigenvalue weighted by molar-refractivity contribution is 0.0950. The third-order valence-electron chi connectivity index (χ3n) is 4.19. The molecule has 0 aliphatic carbocycles. The van der Waals surface area contributed by atoms with Gasteiger partial charge in [-0.3, -0.25) is 4.79 Å². The summed E-state index contributed by atoms with van der Waals surface area (Å²) < 4.78 is 10.5. The first-order valence-electron chi connectivity index (χ1n) is 8.87. The molecule has 0 radical (unpaired) electrons. The maximum atomic E-state index is 12.3. The van der Waals surface area contributed by atoms with Gasteiger partial charge in [-0.1, -0.05) is 23.8 Å². The van der Waals surface area contributed by atoms with Crippen molar-refractivity contribution in [3.63, 3.8) is 0 Å². The first-order valence-corrected chi connectivity index (χ1v) is 9.75. The summed E-state index contributed by atoms with van der Waals surface area (Å²) in [6.07, 6.45) is 0.685. The highest BCUT2D eigenvalue weighted by Gasteiger charge is 2.11. The fraction of sp³-hybridized carbons (Fsp3) is 0.238. The van der Waals surface area contributed by atoms with Crippen LogP contribution >= 0.6 is 11.3 Å². The topological polar surface area (TPSA) is 72.5 Å². The second-order valence-electron chi connectivity index (χ2n) is 6.22. The van der Waals surface area contributed by atoms with Crippen LogP contribution in [0.2, 0.25) is 0 Å². The third kappa shape index (κ3) is 5.01. The molecule has 146 valence electrons. The van der Waals surface area contributed by atoms with E-state index in [4.69, 9.17) is 9.47 Å². The van der Waals surface area contributed by atoms with Crippen LogP contribution in [0.1, 0.15) is 21.6 Å². The van der Waals surface area contributed by atoms with Gasteiger partial charge in [0.15, 0.2) is 16.6 Å². The fourth-order valence-corrected chi connectivity index (χ4v) is 3.35. The molecule has 0 aliphatic rings. The smallest absolute Gasteiger partial charge is 0.270 e. The van der Waals surface area contributed by atoms with Crippen molar-refractivity contribution >= 4 is 28.1 Å². The minimum atomic E-state index is -0.186. The van der Waals surface area contributed by atoms with Crippen molar-refractivity contribution in [2.75, 3.05) is 26.1 Å². The number of hydrogen-bond acceptors (Lipinski definition) is 6. The van der Waals surface area contributed by atoms with Crippen LogP contribution < -0.4 is 20.1 Å². The van der Waals surface area contributed by atoms with Crippen molar-refractivity contribution < 1.29 is 14.3 Å². The van der Waals surface area contributed by atoms with E-state index in [0.717, 1.165) is 11.3 Å². The van der Waals surface area contributed by atoms with Crippen molar-refractivity contribution in [3.8, 4) is 11.5 Å². The zero-order valence-corrected chi connectivity index (χ0v) is 16.9. The van der Waals surface area contributed by atoms with Gasteiger partial charge in [0.2, 0.25) is 0 Å². The summed E-state index contributed by atoms with van der Waals surface area (Å²) in [5, 5.41) is 8.56. The average molecular weight is 398 g/mol. The molecule has 7 heteroatoms. The van der Waals surface area contributed by atoms with Gasteiger partial charge in [-0.15, -0.1) is 11.3 Å². The standard InChI is InChI=1S/C21H23N3O3S/c1-14-4-7-16(8-5-14)23-21-24-17(13-28-21)20(25)22-11-10-15-6-9-18(26-2)19(12-15)27-3/h4-9,12-13H,10-11H2,1-3H3,(H,22,25)(H,23,24). The Bertz CT molecular complexity index is 938. The number of anilines is 2. The lowest BCUT2D eigenvalue weighted by Crippen LogP contribution is -2.26. The number of carbonyl (C=O) groups is 1. The molecule has 28 heavy (non-hydrogen) atoms.